The molecule has 5 rings (SSSR count). The summed E-state index contributed by atoms with van der Waals surface area (Å²) in [7, 11) is 0. The molecule has 150 valence electrons. The number of carbonyl (C=O) groups excluding carboxylic acids is 1. The van der Waals surface area contributed by atoms with E-state index in [-0.39, 0.29) is 17.2 Å². The van der Waals surface area contributed by atoms with Gasteiger partial charge in [-0.25, -0.2) is 4.68 Å². The van der Waals surface area contributed by atoms with Crippen molar-refractivity contribution in [2.45, 2.75) is 25.3 Å². The fraction of sp³-hybridized carbons (Fsp3) is 0.190. The number of fused-ring (bicyclic) bond motifs is 1. The van der Waals surface area contributed by atoms with Crippen LogP contribution in [0.5, 0.6) is 5.75 Å². The van der Waals surface area contributed by atoms with E-state index in [9.17, 15) is 20.0 Å². The summed E-state index contributed by atoms with van der Waals surface area (Å²) >= 11 is 0. The molecule has 1 aliphatic heterocycles. The largest absolute Gasteiger partial charge is 0.508 e. The van der Waals surface area contributed by atoms with Crippen LogP contribution in [0, 0.1) is 10.1 Å². The van der Waals surface area contributed by atoms with Crippen LogP contribution >= 0.6 is 0 Å². The fourth-order valence-electron chi connectivity index (χ4n) is 4.01. The van der Waals surface area contributed by atoms with Crippen molar-refractivity contribution in [3.63, 3.8) is 0 Å². The Labute approximate surface area is 170 Å². The summed E-state index contributed by atoms with van der Waals surface area (Å²) in [4.78, 5) is 28.3. The third-order valence-electron chi connectivity index (χ3n) is 5.39. The Balaban J connectivity index is 1.68. The molecular weight excluding hydrogens is 386 g/mol. The number of anilines is 1. The molecule has 1 unspecified atom stereocenters. The van der Waals surface area contributed by atoms with Crippen molar-refractivity contribution in [3.8, 4) is 17.1 Å². The van der Waals surface area contributed by atoms with Crippen LogP contribution in [0.15, 0.2) is 59.8 Å². The van der Waals surface area contributed by atoms with Gasteiger partial charge in [0.05, 0.1) is 4.92 Å². The highest BCUT2D eigenvalue weighted by Gasteiger charge is 2.37. The SMILES string of the molecule is O=C1CCCC2=C1C(c1cccc([N+](=O)[O-])c1)n1nc(-c3ccc(O)cc3)nc1N2. The molecule has 2 heterocycles. The first kappa shape index (κ1) is 18.0. The lowest BCUT2D eigenvalue weighted by Gasteiger charge is -2.32. The highest BCUT2D eigenvalue weighted by atomic mass is 16.6. The van der Waals surface area contributed by atoms with E-state index in [1.54, 1.807) is 41.1 Å². The molecule has 0 fully saturated rings. The molecule has 1 atom stereocenters. The number of non-ortho nitro benzene ring substituents is 1. The monoisotopic (exact) mass is 403 g/mol. The van der Waals surface area contributed by atoms with Gasteiger partial charge in [0.2, 0.25) is 5.95 Å². The smallest absolute Gasteiger partial charge is 0.269 e. The van der Waals surface area contributed by atoms with E-state index in [1.807, 2.05) is 0 Å². The summed E-state index contributed by atoms with van der Waals surface area (Å²) in [6.45, 7) is 0. The van der Waals surface area contributed by atoms with Crippen molar-refractivity contribution in [1.82, 2.24) is 14.8 Å². The van der Waals surface area contributed by atoms with E-state index >= 15 is 0 Å². The first-order valence-electron chi connectivity index (χ1n) is 9.55. The van der Waals surface area contributed by atoms with Crippen LogP contribution in [0.25, 0.3) is 11.4 Å². The third-order valence-corrected chi connectivity index (χ3v) is 5.39. The van der Waals surface area contributed by atoms with E-state index in [4.69, 9.17) is 0 Å². The zero-order chi connectivity index (χ0) is 20.8. The van der Waals surface area contributed by atoms with Crippen LogP contribution in [0.4, 0.5) is 11.6 Å². The lowest BCUT2D eigenvalue weighted by Crippen LogP contribution is -2.31. The normalized spacial score (nSPS) is 17.9. The standard InChI is InChI=1S/C21H17N5O4/c27-15-9-7-12(8-10-15)20-23-21-22-16-5-2-6-17(28)18(16)19(25(21)24-20)13-3-1-4-14(11-13)26(29)30/h1,3-4,7-11,19,27H,2,5-6H2,(H,22,23,24). The van der Waals surface area contributed by atoms with Crippen LogP contribution in [0.2, 0.25) is 0 Å². The van der Waals surface area contributed by atoms with E-state index in [0.29, 0.717) is 41.3 Å². The molecule has 2 aromatic carbocycles. The van der Waals surface area contributed by atoms with E-state index in [1.165, 1.54) is 12.1 Å². The van der Waals surface area contributed by atoms with Gasteiger partial charge in [0.25, 0.3) is 5.69 Å². The number of aromatic hydroxyl groups is 1. The quantitative estimate of drug-likeness (QED) is 0.506. The predicted molar refractivity (Wildman–Crippen MR) is 108 cm³/mol. The highest BCUT2D eigenvalue weighted by Crippen LogP contribution is 2.41. The zero-order valence-electron chi connectivity index (χ0n) is 15.8. The number of hydrogen-bond donors (Lipinski definition) is 2. The molecule has 0 radical (unpaired) electrons. The Bertz CT molecular complexity index is 1210. The zero-order valence-corrected chi connectivity index (χ0v) is 15.8. The number of phenols is 1. The van der Waals surface area contributed by atoms with Crippen molar-refractivity contribution in [1.29, 1.82) is 0 Å². The number of aromatic nitrogens is 3. The molecule has 9 heteroatoms. The second kappa shape index (κ2) is 6.80. The number of phenolic OH excluding ortho intramolecular Hbond substituents is 1. The third kappa shape index (κ3) is 2.91. The number of nitrogens with one attached hydrogen (secondary N) is 1. The second-order valence-corrected chi connectivity index (χ2v) is 7.30. The maximum atomic E-state index is 12.8. The molecule has 0 saturated carbocycles. The van der Waals surface area contributed by atoms with Crippen LogP contribution in [-0.4, -0.2) is 30.6 Å². The number of rotatable bonds is 3. The Morgan fingerprint density at radius 3 is 2.73 bits per heavy atom. The Morgan fingerprint density at radius 1 is 1.17 bits per heavy atom. The van der Waals surface area contributed by atoms with Gasteiger partial charge in [-0.2, -0.15) is 4.98 Å². The fourth-order valence-corrected chi connectivity index (χ4v) is 4.01. The van der Waals surface area contributed by atoms with Crippen molar-refractivity contribution in [2.24, 2.45) is 0 Å². The average Bonchev–Trinajstić information content (AvgIpc) is 3.16. The van der Waals surface area contributed by atoms with Crippen molar-refractivity contribution < 1.29 is 14.8 Å². The maximum Gasteiger partial charge on any atom is 0.269 e. The Morgan fingerprint density at radius 2 is 1.97 bits per heavy atom. The van der Waals surface area contributed by atoms with Gasteiger partial charge < -0.3 is 10.4 Å². The van der Waals surface area contributed by atoms with Crippen molar-refractivity contribution in [3.05, 3.63) is 75.5 Å². The number of Topliss-reactive ketones (excluding diaryl/α,β-unsaturated/α-hetero) is 1. The van der Waals surface area contributed by atoms with Crippen molar-refractivity contribution in [2.75, 3.05) is 5.32 Å². The number of nitrogens with zero attached hydrogens (tertiary/aromatic N) is 4. The molecule has 0 saturated heterocycles. The van der Waals surface area contributed by atoms with Gasteiger partial charge in [0.1, 0.15) is 11.8 Å². The molecule has 0 amide bonds. The van der Waals surface area contributed by atoms with Crippen LogP contribution < -0.4 is 5.32 Å². The molecule has 9 nitrogen and oxygen atoms in total. The molecule has 0 spiro atoms. The van der Waals surface area contributed by atoms with Crippen LogP contribution in [-0.2, 0) is 4.79 Å². The summed E-state index contributed by atoms with van der Waals surface area (Å²) in [5.41, 5.74) is 2.64. The van der Waals surface area contributed by atoms with Gasteiger partial charge in [-0.1, -0.05) is 12.1 Å². The number of ketones is 1. The summed E-state index contributed by atoms with van der Waals surface area (Å²) in [6.07, 6.45) is 1.87. The number of benzene rings is 2. The van der Waals surface area contributed by atoms with Gasteiger partial charge in [-0.15, -0.1) is 5.10 Å². The first-order chi connectivity index (χ1) is 14.5. The molecule has 30 heavy (non-hydrogen) atoms. The van der Waals surface area contributed by atoms with Gasteiger partial charge in [0, 0.05) is 35.4 Å². The van der Waals surface area contributed by atoms with Gasteiger partial charge in [-0.3, -0.25) is 14.9 Å². The first-order valence-corrected chi connectivity index (χ1v) is 9.55. The Hall–Kier alpha value is -4.01. The Kier molecular flexibility index (Phi) is 4.09. The average molecular weight is 403 g/mol. The topological polar surface area (TPSA) is 123 Å². The van der Waals surface area contributed by atoms with Crippen molar-refractivity contribution >= 4 is 17.4 Å². The number of allylic oxidation sites excluding steroid dienone is 2. The molecule has 3 aromatic rings. The number of nitro benzene ring substituents is 1. The highest BCUT2D eigenvalue weighted by molar-refractivity contribution is 5.99. The van der Waals surface area contributed by atoms with Gasteiger partial charge in [0.15, 0.2) is 11.6 Å². The minimum absolute atomic E-state index is 0.00703. The molecular formula is C21H17N5O4. The van der Waals surface area contributed by atoms with E-state index in [2.05, 4.69) is 15.4 Å². The summed E-state index contributed by atoms with van der Waals surface area (Å²) in [5, 5.41) is 28.7. The lowest BCUT2D eigenvalue weighted by molar-refractivity contribution is -0.384. The minimum Gasteiger partial charge on any atom is -0.508 e. The van der Waals surface area contributed by atoms with Gasteiger partial charge in [-0.05, 0) is 42.7 Å². The molecule has 2 aliphatic rings. The van der Waals surface area contributed by atoms with Crippen LogP contribution in [0.1, 0.15) is 30.9 Å². The predicted octanol–water partition coefficient (Wildman–Crippen LogP) is 3.58. The minimum atomic E-state index is -0.595. The number of hydrogen-bond acceptors (Lipinski definition) is 7. The summed E-state index contributed by atoms with van der Waals surface area (Å²) in [5.74, 6) is 1.05. The maximum absolute atomic E-state index is 12.8. The lowest BCUT2D eigenvalue weighted by atomic mass is 9.85. The van der Waals surface area contributed by atoms with Crippen LogP contribution in [0.3, 0.4) is 0 Å². The van der Waals surface area contributed by atoms with E-state index < -0.39 is 11.0 Å². The van der Waals surface area contributed by atoms with Gasteiger partial charge >= 0.3 is 0 Å². The summed E-state index contributed by atoms with van der Waals surface area (Å²) < 4.78 is 1.61. The molecule has 1 aromatic heterocycles. The molecule has 1 aliphatic carbocycles. The van der Waals surface area contributed by atoms with E-state index in [0.717, 1.165) is 12.1 Å². The molecule has 0 bridgehead atoms. The number of nitro groups is 1. The second-order valence-electron chi connectivity index (χ2n) is 7.30. The molecule has 2 N–H and O–H groups in total. The number of carbonyl (C=O) groups is 1. The summed E-state index contributed by atoms with van der Waals surface area (Å²) in [6, 6.07) is 12.2.